The van der Waals surface area contributed by atoms with Crippen molar-refractivity contribution in [2.24, 2.45) is 0 Å². The topological polar surface area (TPSA) is 80.8 Å². The zero-order valence-electron chi connectivity index (χ0n) is 11.8. The third kappa shape index (κ3) is 2.90. The van der Waals surface area contributed by atoms with E-state index in [2.05, 4.69) is 4.74 Å². The van der Waals surface area contributed by atoms with Crippen LogP contribution in [0.5, 0.6) is 0 Å². The van der Waals surface area contributed by atoms with Crippen molar-refractivity contribution in [2.75, 3.05) is 6.61 Å². The Balaban J connectivity index is 2.60. The van der Waals surface area contributed by atoms with Gasteiger partial charge in [-0.15, -0.1) is 0 Å². The molecule has 0 aromatic heterocycles. The monoisotopic (exact) mass is 351 g/mol. The first kappa shape index (κ1) is 17.3. The second-order valence-corrected chi connectivity index (χ2v) is 6.49. The van der Waals surface area contributed by atoms with Crippen LogP contribution in [0.15, 0.2) is 24.3 Å². The molecule has 1 aliphatic heterocycles. The average molecular weight is 351 g/mol. The van der Waals surface area contributed by atoms with Crippen molar-refractivity contribution in [1.82, 2.24) is 4.31 Å². The molecule has 0 spiro atoms. The third-order valence-electron chi connectivity index (χ3n) is 3.25. The van der Waals surface area contributed by atoms with Gasteiger partial charge in [0.05, 0.1) is 6.61 Å². The van der Waals surface area contributed by atoms with E-state index >= 15 is 0 Å². The van der Waals surface area contributed by atoms with Gasteiger partial charge >= 0.3 is 21.5 Å². The van der Waals surface area contributed by atoms with Gasteiger partial charge in [0.1, 0.15) is 6.04 Å². The number of alkyl halides is 3. The van der Waals surface area contributed by atoms with Crippen LogP contribution < -0.4 is 0 Å². The summed E-state index contributed by atoms with van der Waals surface area (Å²) in [6.45, 7) is 1.25. The van der Waals surface area contributed by atoms with Crippen molar-refractivity contribution in [3.63, 3.8) is 0 Å². The maximum atomic E-state index is 12.9. The Morgan fingerprint density at radius 2 is 1.96 bits per heavy atom. The Morgan fingerprint density at radius 3 is 2.52 bits per heavy atom. The number of sulfonamides is 1. The van der Waals surface area contributed by atoms with Gasteiger partial charge in [0.25, 0.3) is 5.91 Å². The number of amides is 1. The fourth-order valence-electron chi connectivity index (χ4n) is 2.26. The van der Waals surface area contributed by atoms with Crippen LogP contribution in [0.4, 0.5) is 13.2 Å². The van der Waals surface area contributed by atoms with Crippen molar-refractivity contribution in [3.8, 4) is 0 Å². The number of nitrogens with zero attached hydrogens (tertiary/aromatic N) is 1. The van der Waals surface area contributed by atoms with Gasteiger partial charge in [-0.3, -0.25) is 4.79 Å². The molecule has 0 radical (unpaired) electrons. The Hall–Kier alpha value is -2.10. The summed E-state index contributed by atoms with van der Waals surface area (Å²) in [5.41, 5.74) is -5.62. The van der Waals surface area contributed by atoms with E-state index < -0.39 is 37.8 Å². The minimum absolute atomic E-state index is 0.162. The molecule has 0 bridgehead atoms. The highest BCUT2D eigenvalue weighted by molar-refractivity contribution is 7.90. The molecule has 0 saturated carbocycles. The number of carbonyl (C=O) groups excluding carboxylic acids is 2. The van der Waals surface area contributed by atoms with Crippen LogP contribution in [0.1, 0.15) is 22.8 Å². The van der Waals surface area contributed by atoms with Gasteiger partial charge in [-0.2, -0.15) is 21.6 Å². The zero-order valence-corrected chi connectivity index (χ0v) is 12.6. The molecule has 2 rings (SSSR count). The highest BCUT2D eigenvalue weighted by atomic mass is 32.2. The predicted octanol–water partition coefficient (Wildman–Crippen LogP) is 1.47. The number of halogens is 3. The number of hydrogen-bond acceptors (Lipinski definition) is 5. The summed E-state index contributed by atoms with van der Waals surface area (Å²) < 4.78 is 66.2. The number of fused-ring (bicyclic) bond motifs is 1. The van der Waals surface area contributed by atoms with E-state index in [0.29, 0.717) is 0 Å². The molecule has 1 aliphatic rings. The van der Waals surface area contributed by atoms with E-state index in [4.69, 9.17) is 0 Å². The van der Waals surface area contributed by atoms with Gasteiger partial charge in [0, 0.05) is 12.0 Å². The molecule has 1 aromatic carbocycles. The first-order chi connectivity index (χ1) is 10.6. The van der Waals surface area contributed by atoms with Crippen LogP contribution in [0.25, 0.3) is 0 Å². The highest BCUT2D eigenvalue weighted by Crippen LogP contribution is 2.34. The molecule has 6 nitrogen and oxygen atoms in total. The Kier molecular flexibility index (Phi) is 4.38. The molecular weight excluding hydrogens is 339 g/mol. The van der Waals surface area contributed by atoms with Gasteiger partial charge in [-0.25, -0.2) is 9.10 Å². The molecule has 1 amide bonds. The van der Waals surface area contributed by atoms with Gasteiger partial charge in [0.15, 0.2) is 0 Å². The molecule has 23 heavy (non-hydrogen) atoms. The van der Waals surface area contributed by atoms with Crippen molar-refractivity contribution in [1.29, 1.82) is 0 Å². The fraction of sp³-hybridized carbons (Fsp3) is 0.385. The van der Waals surface area contributed by atoms with Crippen LogP contribution in [-0.4, -0.2) is 42.8 Å². The second kappa shape index (κ2) is 5.84. The van der Waals surface area contributed by atoms with E-state index in [0.717, 1.165) is 0 Å². The Morgan fingerprint density at radius 1 is 1.35 bits per heavy atom. The first-order valence-electron chi connectivity index (χ1n) is 6.50. The lowest BCUT2D eigenvalue weighted by molar-refractivity contribution is -0.147. The lowest BCUT2D eigenvalue weighted by atomic mass is 9.95. The summed E-state index contributed by atoms with van der Waals surface area (Å²) in [6.07, 6.45) is -0.379. The minimum atomic E-state index is -6.02. The summed E-state index contributed by atoms with van der Waals surface area (Å²) >= 11 is 0. The van der Waals surface area contributed by atoms with Crippen LogP contribution >= 0.6 is 0 Å². The van der Waals surface area contributed by atoms with Crippen LogP contribution in [-0.2, 0) is 26.0 Å². The van der Waals surface area contributed by atoms with Gasteiger partial charge < -0.3 is 4.74 Å². The Bertz CT molecular complexity index is 744. The number of rotatable bonds is 3. The van der Waals surface area contributed by atoms with Crippen molar-refractivity contribution in [3.05, 3.63) is 35.4 Å². The van der Waals surface area contributed by atoms with E-state index in [1.807, 2.05) is 0 Å². The number of hydrogen-bond donors (Lipinski definition) is 0. The summed E-state index contributed by atoms with van der Waals surface area (Å²) in [4.78, 5) is 24.2. The number of benzene rings is 1. The van der Waals surface area contributed by atoms with Crippen molar-refractivity contribution < 1.29 is 35.9 Å². The summed E-state index contributed by atoms with van der Waals surface area (Å²) in [5.74, 6) is -2.61. The molecular formula is C13H12F3NO5S. The molecule has 0 N–H and O–H groups in total. The largest absolute Gasteiger partial charge is 0.516 e. The maximum absolute atomic E-state index is 12.9. The van der Waals surface area contributed by atoms with Crippen molar-refractivity contribution >= 4 is 21.9 Å². The van der Waals surface area contributed by atoms with Crippen LogP contribution in [0.3, 0.4) is 0 Å². The molecule has 0 fully saturated rings. The predicted molar refractivity (Wildman–Crippen MR) is 71.7 cm³/mol. The summed E-state index contributed by atoms with van der Waals surface area (Å²) in [6, 6.07) is 3.68. The summed E-state index contributed by atoms with van der Waals surface area (Å²) in [7, 11) is -6.02. The SMILES string of the molecule is CCOC(=O)C1Cc2ccccc2C(=O)N1S(=O)(=O)C(F)(F)F. The smallest absolute Gasteiger partial charge is 0.464 e. The van der Waals surface area contributed by atoms with Gasteiger partial charge in [-0.1, -0.05) is 18.2 Å². The number of carbonyl (C=O) groups is 2. The maximum Gasteiger partial charge on any atom is 0.516 e. The van der Waals surface area contributed by atoms with Gasteiger partial charge in [0.2, 0.25) is 0 Å². The molecule has 0 aliphatic carbocycles. The van der Waals surface area contributed by atoms with Crippen LogP contribution in [0.2, 0.25) is 0 Å². The van der Waals surface area contributed by atoms with E-state index in [1.54, 1.807) is 0 Å². The molecule has 1 atom stereocenters. The molecule has 1 unspecified atom stereocenters. The molecule has 0 saturated heterocycles. The quantitative estimate of drug-likeness (QED) is 0.771. The molecule has 1 aromatic rings. The second-order valence-electron chi connectivity index (χ2n) is 4.68. The lowest BCUT2D eigenvalue weighted by Crippen LogP contribution is -2.56. The van der Waals surface area contributed by atoms with E-state index in [1.165, 1.54) is 31.2 Å². The van der Waals surface area contributed by atoms with Crippen molar-refractivity contribution in [2.45, 2.75) is 24.9 Å². The molecule has 126 valence electrons. The minimum Gasteiger partial charge on any atom is -0.464 e. The van der Waals surface area contributed by atoms with E-state index in [9.17, 15) is 31.2 Å². The fourth-order valence-corrected chi connectivity index (χ4v) is 3.30. The molecule has 10 heteroatoms. The number of esters is 1. The Labute approximate surface area is 129 Å². The standard InChI is InChI=1S/C13H12F3NO5S/c1-2-22-12(19)10-7-8-5-3-4-6-9(8)11(18)17(10)23(20,21)13(14,15)16/h3-6,10H,2,7H2,1H3. The first-order valence-corrected chi connectivity index (χ1v) is 7.94. The normalized spacial score (nSPS) is 18.5. The van der Waals surface area contributed by atoms with E-state index in [-0.39, 0.29) is 24.2 Å². The lowest BCUT2D eigenvalue weighted by Gasteiger charge is -2.34. The molecule has 1 heterocycles. The average Bonchev–Trinajstić information content (AvgIpc) is 2.46. The third-order valence-corrected chi connectivity index (χ3v) is 4.78. The highest BCUT2D eigenvalue weighted by Gasteiger charge is 2.57. The van der Waals surface area contributed by atoms with Crippen LogP contribution in [0, 0.1) is 0 Å². The summed E-state index contributed by atoms with van der Waals surface area (Å²) in [5, 5.41) is 0. The zero-order chi connectivity index (χ0) is 17.4. The number of ether oxygens (including phenoxy) is 1. The van der Waals surface area contributed by atoms with Gasteiger partial charge in [-0.05, 0) is 18.6 Å².